The third-order valence-electron chi connectivity index (χ3n) is 7.29. The topological polar surface area (TPSA) is 88.1 Å². The van der Waals surface area contributed by atoms with Gasteiger partial charge in [0.25, 0.3) is 11.8 Å². The lowest BCUT2D eigenvalue weighted by Crippen LogP contribution is -2.66. The van der Waals surface area contributed by atoms with Gasteiger partial charge in [-0.3, -0.25) is 9.69 Å². The van der Waals surface area contributed by atoms with Gasteiger partial charge in [-0.2, -0.15) is 0 Å². The summed E-state index contributed by atoms with van der Waals surface area (Å²) in [5, 5.41) is 12.3. The van der Waals surface area contributed by atoms with Crippen LogP contribution in [0.1, 0.15) is 89.2 Å². The molecule has 1 aromatic rings. The van der Waals surface area contributed by atoms with E-state index in [0.717, 1.165) is 15.2 Å². The predicted molar refractivity (Wildman–Crippen MR) is 133 cm³/mol. The second-order valence-corrected chi connectivity index (χ2v) is 12.6. The number of alkyl halides is 2. The molecule has 196 valence electrons. The fourth-order valence-electron chi connectivity index (χ4n) is 4.77. The highest BCUT2D eigenvalue weighted by atomic mass is 32.1. The number of amides is 2. The van der Waals surface area contributed by atoms with Crippen LogP contribution >= 0.6 is 11.3 Å². The van der Waals surface area contributed by atoms with Gasteiger partial charge in [-0.1, -0.05) is 6.92 Å². The lowest BCUT2D eigenvalue weighted by molar-refractivity contribution is -0.0973. The van der Waals surface area contributed by atoms with Crippen LogP contribution in [0.4, 0.5) is 13.6 Å². The maximum absolute atomic E-state index is 15.1. The fraction of sp³-hybridized carbons (Fsp3) is 0.750. The second kappa shape index (κ2) is 9.30. The molecule has 3 rings (SSSR count). The van der Waals surface area contributed by atoms with Gasteiger partial charge in [0.1, 0.15) is 6.04 Å². The number of carbonyl (C=O) groups excluding carboxylic acids is 1. The van der Waals surface area contributed by atoms with E-state index in [0.29, 0.717) is 6.42 Å². The Hall–Kier alpha value is -1.72. The van der Waals surface area contributed by atoms with E-state index >= 15 is 8.78 Å². The van der Waals surface area contributed by atoms with Crippen molar-refractivity contribution in [1.82, 2.24) is 10.2 Å². The summed E-state index contributed by atoms with van der Waals surface area (Å²) in [6.07, 6.45) is -0.651. The Balaban J connectivity index is 1.91. The molecule has 0 unspecified atom stereocenters. The summed E-state index contributed by atoms with van der Waals surface area (Å²) >= 11 is 1.22. The van der Waals surface area contributed by atoms with E-state index in [4.69, 9.17) is 9.31 Å². The van der Waals surface area contributed by atoms with Gasteiger partial charge in [0.05, 0.1) is 22.1 Å². The Morgan fingerprint density at radius 2 is 1.80 bits per heavy atom. The van der Waals surface area contributed by atoms with Crippen LogP contribution in [-0.4, -0.2) is 63.9 Å². The van der Waals surface area contributed by atoms with Gasteiger partial charge in [0.2, 0.25) is 0 Å². The van der Waals surface area contributed by atoms with Crippen molar-refractivity contribution in [2.24, 2.45) is 0 Å². The van der Waals surface area contributed by atoms with Crippen LogP contribution in [-0.2, 0) is 15.7 Å². The number of thiophene rings is 1. The molecule has 35 heavy (non-hydrogen) atoms. The lowest BCUT2D eigenvalue weighted by atomic mass is 9.78. The summed E-state index contributed by atoms with van der Waals surface area (Å²) < 4.78 is 42.5. The largest absolute Gasteiger partial charge is 0.496 e. The van der Waals surface area contributed by atoms with Crippen molar-refractivity contribution in [2.75, 3.05) is 0 Å². The molecule has 2 atom stereocenters. The summed E-state index contributed by atoms with van der Waals surface area (Å²) in [5.74, 6) is -3.89. The minimum absolute atomic E-state index is 0.176. The number of carbonyl (C=O) groups is 2. The molecule has 2 amide bonds. The summed E-state index contributed by atoms with van der Waals surface area (Å²) in [6.45, 7) is 14.7. The monoisotopic (exact) mass is 514 g/mol. The van der Waals surface area contributed by atoms with Crippen molar-refractivity contribution in [3.05, 3.63) is 15.8 Å². The van der Waals surface area contributed by atoms with Gasteiger partial charge in [-0.05, 0) is 79.3 Å². The zero-order valence-electron chi connectivity index (χ0n) is 21.8. The molecule has 0 spiro atoms. The molecule has 0 bridgehead atoms. The number of halogens is 2. The van der Waals surface area contributed by atoms with Crippen molar-refractivity contribution in [2.45, 2.75) is 116 Å². The normalized spacial score (nSPS) is 25.4. The number of aryl methyl sites for hydroxylation is 1. The van der Waals surface area contributed by atoms with Gasteiger partial charge in [0, 0.05) is 16.8 Å². The zero-order chi connectivity index (χ0) is 26.6. The van der Waals surface area contributed by atoms with E-state index in [1.165, 1.54) is 11.3 Å². The van der Waals surface area contributed by atoms with Crippen LogP contribution in [0.25, 0.3) is 0 Å². The van der Waals surface area contributed by atoms with E-state index in [9.17, 15) is 14.7 Å². The quantitative estimate of drug-likeness (QED) is 0.558. The third kappa shape index (κ3) is 5.37. The molecule has 0 radical (unpaired) electrons. The van der Waals surface area contributed by atoms with Crippen LogP contribution in [0, 0.1) is 0 Å². The molecule has 0 aromatic carbocycles. The Bertz CT molecular complexity index is 960. The SMILES string of the molecule is CCc1sc(C(=O)N[C@@H]2[C@H](N(C(=O)O)C(C)(C)C)CCCC2(F)F)cc1B1OC(C)(C)C(C)(C)O1. The average Bonchev–Trinajstić information content (AvgIpc) is 3.21. The van der Waals surface area contributed by atoms with Crippen molar-refractivity contribution in [1.29, 1.82) is 0 Å². The molecular weight excluding hydrogens is 477 g/mol. The maximum atomic E-state index is 15.1. The van der Waals surface area contributed by atoms with Crippen LogP contribution in [0.15, 0.2) is 6.07 Å². The Morgan fingerprint density at radius 3 is 2.29 bits per heavy atom. The molecule has 1 aliphatic carbocycles. The van der Waals surface area contributed by atoms with E-state index < -0.39 is 60.3 Å². The highest BCUT2D eigenvalue weighted by Gasteiger charge is 2.54. The molecule has 1 aliphatic heterocycles. The predicted octanol–water partition coefficient (Wildman–Crippen LogP) is 4.67. The standard InChI is InChI=1S/C24H37BF2N2O5S/c1-9-16-14(25-33-22(5,6)23(7,8)34-25)13-17(35-16)19(30)28-18-15(11-10-12-24(18,26)27)29(20(31)32)21(2,3)4/h13,15,18H,9-12H2,1-8H3,(H,28,30)(H,31,32)/t15-,18-/m1/s1. The van der Waals surface area contributed by atoms with Crippen LogP contribution in [0.5, 0.6) is 0 Å². The minimum Gasteiger partial charge on any atom is -0.465 e. The molecule has 2 aliphatic rings. The zero-order valence-corrected chi connectivity index (χ0v) is 22.6. The first-order valence-electron chi connectivity index (χ1n) is 12.1. The fourth-order valence-corrected chi connectivity index (χ4v) is 5.79. The molecule has 7 nitrogen and oxygen atoms in total. The smallest absolute Gasteiger partial charge is 0.465 e. The van der Waals surface area contributed by atoms with Gasteiger partial charge in [0.15, 0.2) is 0 Å². The summed E-state index contributed by atoms with van der Waals surface area (Å²) in [7, 11) is -0.667. The highest BCUT2D eigenvalue weighted by Crippen LogP contribution is 2.39. The maximum Gasteiger partial charge on any atom is 0.496 e. The van der Waals surface area contributed by atoms with Crippen molar-refractivity contribution >= 4 is 35.9 Å². The van der Waals surface area contributed by atoms with Crippen molar-refractivity contribution < 1.29 is 32.8 Å². The summed E-state index contributed by atoms with van der Waals surface area (Å²) in [5.41, 5.74) is -1.31. The van der Waals surface area contributed by atoms with Crippen molar-refractivity contribution in [3.8, 4) is 0 Å². The Labute approximate surface area is 210 Å². The number of nitrogens with one attached hydrogen (secondary N) is 1. The second-order valence-electron chi connectivity index (χ2n) is 11.4. The first-order valence-corrected chi connectivity index (χ1v) is 12.9. The Kier molecular flexibility index (Phi) is 7.41. The number of carboxylic acid groups (broad SMARTS) is 1. The van der Waals surface area contributed by atoms with E-state index in [2.05, 4.69) is 5.32 Å². The summed E-state index contributed by atoms with van der Waals surface area (Å²) in [4.78, 5) is 27.5. The highest BCUT2D eigenvalue weighted by molar-refractivity contribution is 7.15. The summed E-state index contributed by atoms with van der Waals surface area (Å²) in [6, 6.07) is -1.03. The van der Waals surface area contributed by atoms with Gasteiger partial charge < -0.3 is 19.7 Å². The van der Waals surface area contributed by atoms with Crippen LogP contribution in [0.2, 0.25) is 0 Å². The first-order chi connectivity index (χ1) is 15.9. The van der Waals surface area contributed by atoms with E-state index in [1.54, 1.807) is 26.8 Å². The van der Waals surface area contributed by atoms with Gasteiger partial charge >= 0.3 is 13.2 Å². The Morgan fingerprint density at radius 1 is 1.23 bits per heavy atom. The van der Waals surface area contributed by atoms with Gasteiger partial charge in [-0.15, -0.1) is 11.3 Å². The van der Waals surface area contributed by atoms with E-state index in [-0.39, 0.29) is 17.7 Å². The van der Waals surface area contributed by atoms with E-state index in [1.807, 2.05) is 34.6 Å². The molecule has 2 N–H and O–H groups in total. The number of hydrogen-bond donors (Lipinski definition) is 2. The van der Waals surface area contributed by atoms with Crippen LogP contribution in [0.3, 0.4) is 0 Å². The minimum atomic E-state index is -3.24. The molecule has 2 fully saturated rings. The molecule has 1 aromatic heterocycles. The third-order valence-corrected chi connectivity index (χ3v) is 8.58. The first kappa shape index (κ1) is 27.9. The number of nitrogens with zero attached hydrogens (tertiary/aromatic N) is 1. The molecule has 1 saturated carbocycles. The molecule has 1 saturated heterocycles. The molecular formula is C24H37BF2N2O5S. The number of hydrogen-bond acceptors (Lipinski definition) is 5. The van der Waals surface area contributed by atoms with Gasteiger partial charge in [-0.25, -0.2) is 13.6 Å². The molecule has 11 heteroatoms. The van der Waals surface area contributed by atoms with Crippen molar-refractivity contribution in [3.63, 3.8) is 0 Å². The number of rotatable bonds is 5. The average molecular weight is 514 g/mol. The lowest BCUT2D eigenvalue weighted by Gasteiger charge is -2.47. The van der Waals surface area contributed by atoms with Crippen LogP contribution < -0.4 is 10.8 Å². The molecule has 2 heterocycles.